The first-order valence-electron chi connectivity index (χ1n) is 7.50. The average molecular weight is 264 g/mol. The zero-order valence-electron chi connectivity index (χ0n) is 11.5. The van der Waals surface area contributed by atoms with Crippen molar-refractivity contribution in [2.45, 2.75) is 18.5 Å². The van der Waals surface area contributed by atoms with Crippen LogP contribution in [0.15, 0.2) is 54.6 Å². The Morgan fingerprint density at radius 2 is 1.65 bits per heavy atom. The maximum atomic E-state index is 3.79. The Kier molecular flexibility index (Phi) is 3.06. The third-order valence-corrected chi connectivity index (χ3v) is 4.79. The Labute approximate surface area is 120 Å². The minimum atomic E-state index is 0.492. The van der Waals surface area contributed by atoms with E-state index >= 15 is 0 Å². The number of rotatable bonds is 3. The second-order valence-corrected chi connectivity index (χ2v) is 5.90. The highest BCUT2D eigenvalue weighted by Gasteiger charge is 2.42. The fourth-order valence-corrected chi connectivity index (χ4v) is 3.84. The highest BCUT2D eigenvalue weighted by Crippen LogP contribution is 2.46. The Morgan fingerprint density at radius 1 is 0.900 bits per heavy atom. The van der Waals surface area contributed by atoms with Gasteiger partial charge in [-0.15, -0.1) is 0 Å². The maximum Gasteiger partial charge on any atom is 0.0372 e. The van der Waals surface area contributed by atoms with Crippen LogP contribution in [0.4, 0.5) is 0 Å². The zero-order chi connectivity index (χ0) is 13.4. The van der Waals surface area contributed by atoms with Crippen LogP contribution >= 0.6 is 0 Å². The molecular formula is C18H20N2. The normalized spacial score (nSPS) is 27.3. The van der Waals surface area contributed by atoms with Gasteiger partial charge in [-0.3, -0.25) is 0 Å². The molecule has 20 heavy (non-hydrogen) atoms. The molecule has 0 aromatic heterocycles. The van der Waals surface area contributed by atoms with Crippen LogP contribution < -0.4 is 10.6 Å². The van der Waals surface area contributed by atoms with Gasteiger partial charge in [0.05, 0.1) is 0 Å². The lowest BCUT2D eigenvalue weighted by atomic mass is 9.94. The van der Waals surface area contributed by atoms with E-state index in [4.69, 9.17) is 0 Å². The summed E-state index contributed by atoms with van der Waals surface area (Å²) in [4.78, 5) is 0. The van der Waals surface area contributed by atoms with E-state index in [1.165, 1.54) is 11.1 Å². The van der Waals surface area contributed by atoms with Crippen LogP contribution in [0.2, 0.25) is 0 Å². The summed E-state index contributed by atoms with van der Waals surface area (Å²) < 4.78 is 0. The van der Waals surface area contributed by atoms with E-state index in [1.807, 2.05) is 0 Å². The molecule has 3 atom stereocenters. The molecule has 1 heterocycles. The first kappa shape index (κ1) is 12.1. The Hall–Kier alpha value is -1.64. The molecule has 1 fully saturated rings. The summed E-state index contributed by atoms with van der Waals surface area (Å²) in [5.74, 6) is 1.40. The first-order chi connectivity index (χ1) is 9.93. The van der Waals surface area contributed by atoms with Crippen molar-refractivity contribution >= 4 is 0 Å². The molecule has 0 radical (unpaired) electrons. The van der Waals surface area contributed by atoms with Crippen molar-refractivity contribution in [2.75, 3.05) is 13.1 Å². The summed E-state index contributed by atoms with van der Waals surface area (Å²) in [6.45, 7) is 3.21. The molecule has 2 aromatic carbocycles. The van der Waals surface area contributed by atoms with Gasteiger partial charge in [0, 0.05) is 31.6 Å². The van der Waals surface area contributed by atoms with E-state index < -0.39 is 0 Å². The number of fused-ring (bicyclic) bond motifs is 3. The van der Waals surface area contributed by atoms with Crippen molar-refractivity contribution in [3.05, 3.63) is 71.3 Å². The van der Waals surface area contributed by atoms with Crippen molar-refractivity contribution in [1.29, 1.82) is 0 Å². The fraction of sp³-hybridized carbons (Fsp3) is 0.333. The van der Waals surface area contributed by atoms with Gasteiger partial charge in [0.15, 0.2) is 0 Å². The molecular weight excluding hydrogens is 244 g/mol. The number of hydrogen-bond donors (Lipinski definition) is 2. The molecule has 2 heteroatoms. The van der Waals surface area contributed by atoms with Gasteiger partial charge >= 0.3 is 0 Å². The molecule has 2 N–H and O–H groups in total. The van der Waals surface area contributed by atoms with Crippen molar-refractivity contribution in [1.82, 2.24) is 10.6 Å². The van der Waals surface area contributed by atoms with Crippen LogP contribution in [0.1, 0.15) is 28.7 Å². The van der Waals surface area contributed by atoms with E-state index in [0.29, 0.717) is 17.9 Å². The van der Waals surface area contributed by atoms with Crippen LogP contribution in [-0.2, 0) is 6.54 Å². The van der Waals surface area contributed by atoms with Crippen LogP contribution in [0.5, 0.6) is 0 Å². The quantitative estimate of drug-likeness (QED) is 0.891. The van der Waals surface area contributed by atoms with Crippen molar-refractivity contribution < 1.29 is 0 Å². The summed E-state index contributed by atoms with van der Waals surface area (Å²) >= 11 is 0. The highest BCUT2D eigenvalue weighted by atomic mass is 15.0. The molecule has 1 aliphatic carbocycles. The standard InChI is InChI=1S/C18H20N2/c1-2-6-13(7-3-1)10-20-18-15-9-5-4-8-14(15)16-11-19-12-17(16)18/h1-9,16-20H,10-12H2/t16-,17-,18?/m0/s1. The fourth-order valence-electron chi connectivity index (χ4n) is 3.84. The third kappa shape index (κ3) is 1.96. The predicted octanol–water partition coefficient (Wildman–Crippen LogP) is 2.83. The van der Waals surface area contributed by atoms with Gasteiger partial charge in [-0.2, -0.15) is 0 Å². The summed E-state index contributed by atoms with van der Waals surface area (Å²) in [6, 6.07) is 20.1. The summed E-state index contributed by atoms with van der Waals surface area (Å²) in [6.07, 6.45) is 0. The second kappa shape index (κ2) is 5.04. The smallest absolute Gasteiger partial charge is 0.0372 e. The van der Waals surface area contributed by atoms with Gasteiger partial charge in [-0.1, -0.05) is 54.6 Å². The lowest BCUT2D eigenvalue weighted by molar-refractivity contribution is 0.390. The molecule has 1 unspecified atom stereocenters. The Bertz CT molecular complexity index is 593. The van der Waals surface area contributed by atoms with Crippen molar-refractivity contribution in [3.63, 3.8) is 0 Å². The molecule has 1 saturated heterocycles. The van der Waals surface area contributed by atoms with Crippen LogP contribution in [-0.4, -0.2) is 13.1 Å². The van der Waals surface area contributed by atoms with Gasteiger partial charge in [0.25, 0.3) is 0 Å². The van der Waals surface area contributed by atoms with Crippen molar-refractivity contribution in [3.8, 4) is 0 Å². The predicted molar refractivity (Wildman–Crippen MR) is 81.6 cm³/mol. The highest BCUT2D eigenvalue weighted by molar-refractivity contribution is 5.41. The molecule has 2 nitrogen and oxygen atoms in total. The number of nitrogens with one attached hydrogen (secondary N) is 2. The molecule has 2 aromatic rings. The maximum absolute atomic E-state index is 3.79. The first-order valence-corrected chi connectivity index (χ1v) is 7.50. The third-order valence-electron chi connectivity index (χ3n) is 4.79. The van der Waals surface area contributed by atoms with Gasteiger partial charge in [-0.25, -0.2) is 0 Å². The molecule has 0 bridgehead atoms. The van der Waals surface area contributed by atoms with Gasteiger partial charge in [0.1, 0.15) is 0 Å². The Balaban J connectivity index is 1.58. The van der Waals surface area contributed by atoms with E-state index in [9.17, 15) is 0 Å². The number of hydrogen-bond acceptors (Lipinski definition) is 2. The topological polar surface area (TPSA) is 24.1 Å². The molecule has 0 spiro atoms. The Morgan fingerprint density at radius 3 is 2.50 bits per heavy atom. The molecule has 2 aliphatic rings. The van der Waals surface area contributed by atoms with Gasteiger partial charge in [-0.05, 0) is 22.6 Å². The number of benzene rings is 2. The SMILES string of the molecule is c1ccc(CNC2c3ccccc3[C@@H]3CNC[C@H]23)cc1. The van der Waals surface area contributed by atoms with E-state index in [-0.39, 0.29) is 0 Å². The lowest BCUT2D eigenvalue weighted by Crippen LogP contribution is -2.27. The minimum absolute atomic E-state index is 0.492. The molecule has 0 saturated carbocycles. The van der Waals surface area contributed by atoms with Crippen LogP contribution in [0.25, 0.3) is 0 Å². The van der Waals surface area contributed by atoms with E-state index in [1.54, 1.807) is 5.56 Å². The zero-order valence-corrected chi connectivity index (χ0v) is 11.5. The van der Waals surface area contributed by atoms with Crippen LogP contribution in [0.3, 0.4) is 0 Å². The van der Waals surface area contributed by atoms with Crippen molar-refractivity contribution in [2.24, 2.45) is 5.92 Å². The van der Waals surface area contributed by atoms with Crippen LogP contribution in [0, 0.1) is 5.92 Å². The second-order valence-electron chi connectivity index (χ2n) is 5.90. The van der Waals surface area contributed by atoms with Gasteiger partial charge in [0.2, 0.25) is 0 Å². The molecule has 4 rings (SSSR count). The van der Waals surface area contributed by atoms with E-state index in [2.05, 4.69) is 65.2 Å². The monoisotopic (exact) mass is 264 g/mol. The minimum Gasteiger partial charge on any atom is -0.316 e. The lowest BCUT2D eigenvalue weighted by Gasteiger charge is -2.20. The largest absolute Gasteiger partial charge is 0.316 e. The molecule has 0 amide bonds. The summed E-state index contributed by atoms with van der Waals surface area (Å²) in [5, 5.41) is 7.34. The summed E-state index contributed by atoms with van der Waals surface area (Å²) in [5.41, 5.74) is 4.42. The molecule has 102 valence electrons. The molecule has 1 aliphatic heterocycles. The van der Waals surface area contributed by atoms with E-state index in [0.717, 1.165) is 19.6 Å². The average Bonchev–Trinajstić information content (AvgIpc) is 3.07. The summed E-state index contributed by atoms with van der Waals surface area (Å²) in [7, 11) is 0. The van der Waals surface area contributed by atoms with Gasteiger partial charge < -0.3 is 10.6 Å².